The van der Waals surface area contributed by atoms with Gasteiger partial charge >= 0.3 is 0 Å². The van der Waals surface area contributed by atoms with Gasteiger partial charge in [-0.05, 0) is 24.8 Å². The average Bonchev–Trinajstić information content (AvgIpc) is 3.01. The van der Waals surface area contributed by atoms with Gasteiger partial charge in [0.25, 0.3) is 5.91 Å². The summed E-state index contributed by atoms with van der Waals surface area (Å²) in [6, 6.07) is 10.3. The molecule has 0 unspecified atom stereocenters. The van der Waals surface area contributed by atoms with Crippen molar-refractivity contribution in [3.8, 4) is 0 Å². The first-order chi connectivity index (χ1) is 11.2. The number of ether oxygens (including phenoxy) is 1. The average molecular weight is 313 g/mol. The molecular weight excluding hydrogens is 290 g/mol. The second-order valence-corrected chi connectivity index (χ2v) is 6.03. The van der Waals surface area contributed by atoms with Gasteiger partial charge in [-0.15, -0.1) is 0 Å². The number of hydrogen-bond donors (Lipinski definition) is 0. The van der Waals surface area contributed by atoms with Crippen molar-refractivity contribution >= 4 is 5.91 Å². The van der Waals surface area contributed by atoms with Crippen LogP contribution in [0.4, 0.5) is 0 Å². The van der Waals surface area contributed by atoms with Crippen molar-refractivity contribution in [1.29, 1.82) is 0 Å². The van der Waals surface area contributed by atoms with Gasteiger partial charge in [-0.25, -0.2) is 4.98 Å². The molecule has 5 nitrogen and oxygen atoms in total. The first-order valence-electron chi connectivity index (χ1n) is 8.05. The number of aryl methyl sites for hydroxylation is 1. The SMILES string of the molecule is CO[C@H]1CCCN(C(=O)c2nccn2C)[C@H]1Cc1ccccc1. The molecule has 0 spiro atoms. The lowest BCUT2D eigenvalue weighted by Crippen LogP contribution is -2.53. The molecule has 0 saturated carbocycles. The predicted octanol–water partition coefficient (Wildman–Crippen LogP) is 2.28. The monoisotopic (exact) mass is 313 g/mol. The molecule has 1 aromatic heterocycles. The number of benzene rings is 1. The first-order valence-corrected chi connectivity index (χ1v) is 8.05. The highest BCUT2D eigenvalue weighted by Crippen LogP contribution is 2.25. The summed E-state index contributed by atoms with van der Waals surface area (Å²) in [5, 5.41) is 0. The highest BCUT2D eigenvalue weighted by Gasteiger charge is 2.36. The number of imidazole rings is 1. The lowest BCUT2D eigenvalue weighted by atomic mass is 9.92. The highest BCUT2D eigenvalue weighted by molar-refractivity contribution is 5.91. The van der Waals surface area contributed by atoms with E-state index in [-0.39, 0.29) is 18.1 Å². The van der Waals surface area contributed by atoms with Crippen LogP contribution in [0.15, 0.2) is 42.7 Å². The summed E-state index contributed by atoms with van der Waals surface area (Å²) in [4.78, 5) is 19.1. The molecule has 2 aromatic rings. The molecule has 1 amide bonds. The largest absolute Gasteiger partial charge is 0.379 e. The molecule has 1 saturated heterocycles. The summed E-state index contributed by atoms with van der Waals surface area (Å²) in [6.45, 7) is 0.753. The number of methoxy groups -OCH3 is 1. The van der Waals surface area contributed by atoms with Crippen LogP contribution < -0.4 is 0 Å². The van der Waals surface area contributed by atoms with E-state index in [2.05, 4.69) is 17.1 Å². The Hall–Kier alpha value is -2.14. The number of hydrogen-bond acceptors (Lipinski definition) is 3. The fraction of sp³-hybridized carbons (Fsp3) is 0.444. The molecule has 2 heterocycles. The zero-order chi connectivity index (χ0) is 16.2. The maximum Gasteiger partial charge on any atom is 0.290 e. The normalized spacial score (nSPS) is 21.4. The van der Waals surface area contributed by atoms with Gasteiger partial charge in [-0.2, -0.15) is 0 Å². The lowest BCUT2D eigenvalue weighted by Gasteiger charge is -2.40. The molecule has 1 aromatic carbocycles. The van der Waals surface area contributed by atoms with E-state index in [0.29, 0.717) is 5.82 Å². The van der Waals surface area contributed by atoms with Crippen molar-refractivity contribution in [3.63, 3.8) is 0 Å². The molecule has 0 radical (unpaired) electrons. The van der Waals surface area contributed by atoms with E-state index in [0.717, 1.165) is 25.8 Å². The summed E-state index contributed by atoms with van der Waals surface area (Å²) >= 11 is 0. The van der Waals surface area contributed by atoms with Crippen LogP contribution in [0, 0.1) is 0 Å². The molecule has 3 rings (SSSR count). The number of rotatable bonds is 4. The number of piperidine rings is 1. The van der Waals surface area contributed by atoms with Gasteiger partial charge in [0.2, 0.25) is 0 Å². The van der Waals surface area contributed by atoms with E-state index < -0.39 is 0 Å². The van der Waals surface area contributed by atoms with Crippen LogP contribution in [0.25, 0.3) is 0 Å². The molecule has 1 aliphatic heterocycles. The number of likely N-dealkylation sites (tertiary alicyclic amines) is 1. The molecule has 0 bridgehead atoms. The third-order valence-corrected chi connectivity index (χ3v) is 4.58. The lowest BCUT2D eigenvalue weighted by molar-refractivity contribution is -0.0124. The Balaban J connectivity index is 1.86. The maximum atomic E-state index is 12.9. The fourth-order valence-corrected chi connectivity index (χ4v) is 3.35. The smallest absolute Gasteiger partial charge is 0.290 e. The van der Waals surface area contributed by atoms with Crippen molar-refractivity contribution in [2.75, 3.05) is 13.7 Å². The molecular formula is C18H23N3O2. The molecule has 5 heteroatoms. The topological polar surface area (TPSA) is 47.4 Å². The standard InChI is InChI=1S/C18H23N3O2/c1-20-12-10-19-17(20)18(22)21-11-6-9-16(23-2)15(21)13-14-7-4-3-5-8-14/h3-5,7-8,10,12,15-16H,6,9,11,13H2,1-2H3/t15-,16-/m0/s1. The highest BCUT2D eigenvalue weighted by atomic mass is 16.5. The Morgan fingerprint density at radius 3 is 2.78 bits per heavy atom. The second-order valence-electron chi connectivity index (χ2n) is 6.03. The predicted molar refractivity (Wildman–Crippen MR) is 88.2 cm³/mol. The third kappa shape index (κ3) is 3.29. The van der Waals surface area contributed by atoms with Gasteiger partial charge < -0.3 is 14.2 Å². The van der Waals surface area contributed by atoms with Crippen LogP contribution in [0.5, 0.6) is 0 Å². The molecule has 2 atom stereocenters. The van der Waals surface area contributed by atoms with Crippen LogP contribution in [-0.2, 0) is 18.2 Å². The van der Waals surface area contributed by atoms with Gasteiger partial charge in [0, 0.05) is 33.1 Å². The van der Waals surface area contributed by atoms with Crippen molar-refractivity contribution in [2.24, 2.45) is 7.05 Å². The van der Waals surface area contributed by atoms with E-state index in [4.69, 9.17) is 4.74 Å². The summed E-state index contributed by atoms with van der Waals surface area (Å²) in [5.74, 6) is 0.472. The van der Waals surface area contributed by atoms with E-state index in [1.807, 2.05) is 30.1 Å². The fourth-order valence-electron chi connectivity index (χ4n) is 3.35. The Morgan fingerprint density at radius 2 is 2.13 bits per heavy atom. The minimum atomic E-state index is -0.0137. The van der Waals surface area contributed by atoms with Gasteiger partial charge in [-0.3, -0.25) is 4.79 Å². The van der Waals surface area contributed by atoms with Crippen LogP contribution in [-0.4, -0.2) is 46.2 Å². The van der Waals surface area contributed by atoms with E-state index in [1.165, 1.54) is 5.56 Å². The Kier molecular flexibility index (Phi) is 4.76. The number of nitrogens with zero attached hydrogens (tertiary/aromatic N) is 3. The van der Waals surface area contributed by atoms with Crippen LogP contribution in [0.2, 0.25) is 0 Å². The molecule has 1 fully saturated rings. The van der Waals surface area contributed by atoms with Crippen LogP contribution >= 0.6 is 0 Å². The Bertz CT molecular complexity index is 653. The quantitative estimate of drug-likeness (QED) is 0.870. The van der Waals surface area contributed by atoms with E-state index in [1.54, 1.807) is 24.1 Å². The zero-order valence-corrected chi connectivity index (χ0v) is 13.7. The second kappa shape index (κ2) is 6.96. The maximum absolute atomic E-state index is 12.9. The molecule has 1 aliphatic rings. The molecule has 122 valence electrons. The summed E-state index contributed by atoms with van der Waals surface area (Å²) < 4.78 is 7.46. The number of carbonyl (C=O) groups is 1. The zero-order valence-electron chi connectivity index (χ0n) is 13.7. The Morgan fingerprint density at radius 1 is 1.35 bits per heavy atom. The third-order valence-electron chi connectivity index (χ3n) is 4.58. The van der Waals surface area contributed by atoms with Crippen molar-refractivity contribution in [1.82, 2.24) is 14.5 Å². The minimum absolute atomic E-state index is 0.0137. The van der Waals surface area contributed by atoms with Gasteiger partial charge in [0.1, 0.15) is 0 Å². The number of carbonyl (C=O) groups excluding carboxylic acids is 1. The summed E-state index contributed by atoms with van der Waals surface area (Å²) in [7, 11) is 3.58. The van der Waals surface area contributed by atoms with Gasteiger partial charge in [0.15, 0.2) is 5.82 Å². The van der Waals surface area contributed by atoms with Crippen LogP contribution in [0.3, 0.4) is 0 Å². The van der Waals surface area contributed by atoms with Crippen LogP contribution in [0.1, 0.15) is 29.0 Å². The van der Waals surface area contributed by atoms with Crippen molar-refractivity contribution < 1.29 is 9.53 Å². The number of aromatic nitrogens is 2. The van der Waals surface area contributed by atoms with Crippen molar-refractivity contribution in [3.05, 3.63) is 54.1 Å². The summed E-state index contributed by atoms with van der Waals surface area (Å²) in [5.41, 5.74) is 1.22. The Labute approximate surface area is 136 Å². The molecule has 0 aliphatic carbocycles. The number of amides is 1. The first kappa shape index (κ1) is 15.7. The molecule has 23 heavy (non-hydrogen) atoms. The minimum Gasteiger partial charge on any atom is -0.379 e. The van der Waals surface area contributed by atoms with E-state index in [9.17, 15) is 4.79 Å². The molecule has 0 N–H and O–H groups in total. The van der Waals surface area contributed by atoms with E-state index >= 15 is 0 Å². The summed E-state index contributed by atoms with van der Waals surface area (Å²) in [6.07, 6.45) is 6.27. The van der Waals surface area contributed by atoms with Crippen molar-refractivity contribution in [2.45, 2.75) is 31.4 Å². The van der Waals surface area contributed by atoms with Gasteiger partial charge in [0.05, 0.1) is 12.1 Å². The van der Waals surface area contributed by atoms with Gasteiger partial charge in [-0.1, -0.05) is 30.3 Å².